The molecule has 1 aliphatic carbocycles. The van der Waals surface area contributed by atoms with Gasteiger partial charge in [-0.3, -0.25) is 0 Å². The summed E-state index contributed by atoms with van der Waals surface area (Å²) in [5.41, 5.74) is -0.0818. The zero-order valence-electron chi connectivity index (χ0n) is 17.8. The normalized spacial score (nSPS) is 21.8. The molecule has 4 heterocycles. The predicted molar refractivity (Wildman–Crippen MR) is 113 cm³/mol. The van der Waals surface area contributed by atoms with Gasteiger partial charge in [-0.2, -0.15) is 27.8 Å². The standard InChI is InChI=1S/C21H24F3N7O2/c22-21(23,24)14-1-6-17(25-12-14)28-15-2-4-16(5-3-15)33-20-29-19(30-7-9-32-10-8-30)11-18-26-13-27-31(18)20/h1,6,11-13,15-16H,2-5,7-10H2,(H,25,28). The van der Waals surface area contributed by atoms with Crippen molar-refractivity contribution in [1.29, 1.82) is 0 Å². The number of hydrogen-bond donors (Lipinski definition) is 1. The summed E-state index contributed by atoms with van der Waals surface area (Å²) in [6.45, 7) is 2.82. The number of fused-ring (bicyclic) bond motifs is 1. The van der Waals surface area contributed by atoms with Gasteiger partial charge in [0.15, 0.2) is 5.65 Å². The van der Waals surface area contributed by atoms with Crippen LogP contribution in [0.2, 0.25) is 0 Å². The number of anilines is 2. The predicted octanol–water partition coefficient (Wildman–Crippen LogP) is 3.18. The van der Waals surface area contributed by atoms with E-state index in [-0.39, 0.29) is 12.1 Å². The Bertz CT molecular complexity index is 1080. The van der Waals surface area contributed by atoms with Gasteiger partial charge in [0, 0.05) is 31.4 Å². The Morgan fingerprint density at radius 1 is 1.06 bits per heavy atom. The number of aromatic nitrogens is 5. The fraction of sp³-hybridized carbons (Fsp3) is 0.524. The molecule has 3 aromatic heterocycles. The lowest BCUT2D eigenvalue weighted by Gasteiger charge is -2.30. The summed E-state index contributed by atoms with van der Waals surface area (Å²) in [7, 11) is 0. The lowest BCUT2D eigenvalue weighted by molar-refractivity contribution is -0.137. The van der Waals surface area contributed by atoms with Gasteiger partial charge >= 0.3 is 12.2 Å². The van der Waals surface area contributed by atoms with E-state index in [1.54, 1.807) is 4.52 Å². The lowest BCUT2D eigenvalue weighted by Crippen LogP contribution is -2.37. The average Bonchev–Trinajstić information content (AvgIpc) is 3.30. The highest BCUT2D eigenvalue weighted by Gasteiger charge is 2.31. The lowest BCUT2D eigenvalue weighted by atomic mass is 9.93. The van der Waals surface area contributed by atoms with Gasteiger partial charge in [0.05, 0.1) is 18.8 Å². The van der Waals surface area contributed by atoms with Crippen LogP contribution in [0, 0.1) is 0 Å². The van der Waals surface area contributed by atoms with Crippen molar-refractivity contribution in [3.05, 3.63) is 36.3 Å². The third-order valence-corrected chi connectivity index (χ3v) is 5.95. The van der Waals surface area contributed by atoms with Crippen molar-refractivity contribution < 1.29 is 22.6 Å². The summed E-state index contributed by atoms with van der Waals surface area (Å²) in [6.07, 6.45) is 1.06. The van der Waals surface area contributed by atoms with Crippen molar-refractivity contribution in [2.24, 2.45) is 0 Å². The van der Waals surface area contributed by atoms with Crippen LogP contribution in [-0.2, 0) is 10.9 Å². The second-order valence-electron chi connectivity index (χ2n) is 8.19. The Morgan fingerprint density at radius 2 is 1.85 bits per heavy atom. The Hall–Kier alpha value is -3.15. The van der Waals surface area contributed by atoms with Crippen molar-refractivity contribution in [1.82, 2.24) is 24.6 Å². The fourth-order valence-corrected chi connectivity index (χ4v) is 4.15. The van der Waals surface area contributed by atoms with Crippen LogP contribution in [0.1, 0.15) is 31.2 Å². The van der Waals surface area contributed by atoms with Crippen LogP contribution < -0.4 is 15.0 Å². The van der Waals surface area contributed by atoms with Crippen LogP contribution >= 0.6 is 0 Å². The molecule has 1 saturated carbocycles. The number of alkyl halides is 3. The van der Waals surface area contributed by atoms with Gasteiger partial charge in [-0.25, -0.2) is 9.97 Å². The Labute approximate surface area is 187 Å². The van der Waals surface area contributed by atoms with Crippen molar-refractivity contribution in [3.8, 4) is 6.01 Å². The summed E-state index contributed by atoms with van der Waals surface area (Å²) in [5, 5.41) is 7.47. The minimum Gasteiger partial charge on any atom is -0.460 e. The average molecular weight is 463 g/mol. The maximum Gasteiger partial charge on any atom is 0.417 e. The van der Waals surface area contributed by atoms with E-state index >= 15 is 0 Å². The summed E-state index contributed by atoms with van der Waals surface area (Å²) >= 11 is 0. The van der Waals surface area contributed by atoms with E-state index in [0.717, 1.165) is 56.9 Å². The zero-order valence-corrected chi connectivity index (χ0v) is 17.8. The number of hydrogen-bond acceptors (Lipinski definition) is 8. The van der Waals surface area contributed by atoms with Crippen LogP contribution in [-0.4, -0.2) is 63.0 Å². The first kappa shape index (κ1) is 21.7. The van der Waals surface area contributed by atoms with Gasteiger partial charge in [0.1, 0.15) is 24.1 Å². The minimum absolute atomic E-state index is 0.0385. The second kappa shape index (κ2) is 9.00. The highest BCUT2D eigenvalue weighted by molar-refractivity contribution is 5.52. The molecule has 0 atom stereocenters. The van der Waals surface area contributed by atoms with Gasteiger partial charge in [0.25, 0.3) is 0 Å². The van der Waals surface area contributed by atoms with Crippen molar-refractivity contribution in [2.75, 3.05) is 36.5 Å². The van der Waals surface area contributed by atoms with E-state index in [0.29, 0.717) is 30.7 Å². The molecule has 176 valence electrons. The van der Waals surface area contributed by atoms with Crippen LogP contribution in [0.15, 0.2) is 30.7 Å². The van der Waals surface area contributed by atoms with E-state index in [1.807, 2.05) is 6.07 Å². The van der Waals surface area contributed by atoms with Crippen LogP contribution in [0.3, 0.4) is 0 Å². The van der Waals surface area contributed by atoms with Gasteiger partial charge < -0.3 is 19.7 Å². The molecule has 9 nitrogen and oxygen atoms in total. The molecule has 33 heavy (non-hydrogen) atoms. The molecule has 5 rings (SSSR count). The molecule has 1 saturated heterocycles. The number of halogens is 3. The summed E-state index contributed by atoms with van der Waals surface area (Å²) < 4.78 is 51.4. The Balaban J connectivity index is 1.21. The molecule has 12 heteroatoms. The van der Waals surface area contributed by atoms with Crippen molar-refractivity contribution in [3.63, 3.8) is 0 Å². The zero-order chi connectivity index (χ0) is 22.8. The SMILES string of the molecule is FC(F)(F)c1ccc(NC2CCC(Oc3nc(N4CCOCC4)cc4ncnn34)CC2)nc1. The molecule has 1 N–H and O–H groups in total. The highest BCUT2D eigenvalue weighted by atomic mass is 19.4. The fourth-order valence-electron chi connectivity index (χ4n) is 4.15. The molecular formula is C21H24F3N7O2. The van der Waals surface area contributed by atoms with E-state index in [4.69, 9.17) is 14.5 Å². The molecule has 0 spiro atoms. The monoisotopic (exact) mass is 463 g/mol. The molecule has 2 aliphatic rings. The second-order valence-corrected chi connectivity index (χ2v) is 8.19. The van der Waals surface area contributed by atoms with Gasteiger partial charge in [0.2, 0.25) is 0 Å². The Kier molecular flexibility index (Phi) is 5.92. The van der Waals surface area contributed by atoms with E-state index in [9.17, 15) is 13.2 Å². The number of ether oxygens (including phenoxy) is 2. The molecule has 0 unspecified atom stereocenters. The number of nitrogens with zero attached hydrogens (tertiary/aromatic N) is 6. The number of rotatable bonds is 5. The number of morpholine rings is 1. The van der Waals surface area contributed by atoms with E-state index in [2.05, 4.69) is 25.3 Å². The summed E-state index contributed by atoms with van der Waals surface area (Å²) in [6, 6.07) is 4.83. The molecule has 2 fully saturated rings. The van der Waals surface area contributed by atoms with E-state index < -0.39 is 11.7 Å². The molecule has 0 bridgehead atoms. The third-order valence-electron chi connectivity index (χ3n) is 5.95. The highest BCUT2D eigenvalue weighted by Crippen LogP contribution is 2.30. The van der Waals surface area contributed by atoms with Gasteiger partial charge in [-0.05, 0) is 37.8 Å². The van der Waals surface area contributed by atoms with Crippen molar-refractivity contribution in [2.45, 2.75) is 44.0 Å². The quantitative estimate of drug-likeness (QED) is 0.617. The maximum absolute atomic E-state index is 12.7. The first-order valence-electron chi connectivity index (χ1n) is 11.0. The van der Waals surface area contributed by atoms with Crippen LogP contribution in [0.5, 0.6) is 6.01 Å². The van der Waals surface area contributed by atoms with Crippen LogP contribution in [0.25, 0.3) is 5.65 Å². The van der Waals surface area contributed by atoms with Gasteiger partial charge in [-0.1, -0.05) is 0 Å². The van der Waals surface area contributed by atoms with E-state index in [1.165, 1.54) is 12.4 Å². The largest absolute Gasteiger partial charge is 0.460 e. The van der Waals surface area contributed by atoms with Crippen molar-refractivity contribution >= 4 is 17.3 Å². The van der Waals surface area contributed by atoms with Crippen LogP contribution in [0.4, 0.5) is 24.8 Å². The molecule has 0 aromatic carbocycles. The third kappa shape index (κ3) is 4.95. The number of pyridine rings is 1. The minimum atomic E-state index is -4.39. The smallest absolute Gasteiger partial charge is 0.417 e. The summed E-state index contributed by atoms with van der Waals surface area (Å²) in [5.74, 6) is 1.23. The molecule has 0 amide bonds. The molecular weight excluding hydrogens is 439 g/mol. The van der Waals surface area contributed by atoms with Gasteiger partial charge in [-0.15, -0.1) is 0 Å². The first-order chi connectivity index (χ1) is 16.0. The Morgan fingerprint density at radius 3 is 2.55 bits per heavy atom. The maximum atomic E-state index is 12.7. The topological polar surface area (TPSA) is 89.7 Å². The first-order valence-corrected chi connectivity index (χ1v) is 11.0. The number of nitrogens with one attached hydrogen (secondary N) is 1. The molecule has 0 radical (unpaired) electrons. The molecule has 3 aromatic rings. The summed E-state index contributed by atoms with van der Waals surface area (Å²) in [4.78, 5) is 15.0. The molecule has 1 aliphatic heterocycles.